The minimum absolute atomic E-state index is 0.0538. The van der Waals surface area contributed by atoms with Crippen molar-refractivity contribution < 1.29 is 14.3 Å². The van der Waals surface area contributed by atoms with E-state index < -0.39 is 0 Å². The van der Waals surface area contributed by atoms with Gasteiger partial charge >= 0.3 is 0 Å². The van der Waals surface area contributed by atoms with Crippen LogP contribution >= 0.6 is 0 Å². The highest BCUT2D eigenvalue weighted by molar-refractivity contribution is 5.92. The standard InChI is InChI=1S/C23H25N3O3/c1-15-10-16(18-11-17-4-2-3-5-21(17)24-12-18)6-8-20(15)26-22(27)9-7-19-13-25-23(28)14-29-19/h2,4,6,8,10-12,19H,3,5,7,9,13-14H2,1H3,(H,25,28)(H,26,27). The number of allylic oxidation sites excluding steroid dienone is 1. The number of rotatable bonds is 5. The Morgan fingerprint density at radius 3 is 3.00 bits per heavy atom. The predicted octanol–water partition coefficient (Wildman–Crippen LogP) is 3.25. The van der Waals surface area contributed by atoms with Crippen LogP contribution in [0, 0.1) is 6.92 Å². The van der Waals surface area contributed by atoms with Crippen LogP contribution in [-0.2, 0) is 20.7 Å². The van der Waals surface area contributed by atoms with Crippen molar-refractivity contribution in [1.29, 1.82) is 0 Å². The van der Waals surface area contributed by atoms with Crippen LogP contribution < -0.4 is 10.6 Å². The van der Waals surface area contributed by atoms with E-state index in [1.807, 2.05) is 25.3 Å². The van der Waals surface area contributed by atoms with Crippen LogP contribution in [0.4, 0.5) is 5.69 Å². The number of morpholine rings is 1. The van der Waals surface area contributed by atoms with Gasteiger partial charge in [-0.3, -0.25) is 14.6 Å². The molecule has 2 aromatic rings. The molecule has 0 spiro atoms. The average Bonchev–Trinajstić information content (AvgIpc) is 2.74. The van der Waals surface area contributed by atoms with E-state index in [9.17, 15) is 9.59 Å². The molecule has 1 aliphatic heterocycles. The number of hydrogen-bond donors (Lipinski definition) is 2. The molecule has 2 N–H and O–H groups in total. The van der Waals surface area contributed by atoms with E-state index in [1.165, 1.54) is 5.56 Å². The summed E-state index contributed by atoms with van der Waals surface area (Å²) < 4.78 is 5.42. The average molecular weight is 391 g/mol. The van der Waals surface area contributed by atoms with Gasteiger partial charge in [0.05, 0.1) is 6.10 Å². The zero-order chi connectivity index (χ0) is 20.2. The summed E-state index contributed by atoms with van der Waals surface area (Å²) in [5, 5.41) is 5.73. The second-order valence-electron chi connectivity index (χ2n) is 7.55. The number of aromatic nitrogens is 1. The summed E-state index contributed by atoms with van der Waals surface area (Å²) in [7, 11) is 0. The molecule has 1 fully saturated rings. The maximum Gasteiger partial charge on any atom is 0.246 e. The van der Waals surface area contributed by atoms with Gasteiger partial charge in [0, 0.05) is 36.1 Å². The summed E-state index contributed by atoms with van der Waals surface area (Å²) in [4.78, 5) is 28.0. The number of anilines is 1. The number of ether oxygens (including phenoxy) is 1. The lowest BCUT2D eigenvalue weighted by Crippen LogP contribution is -2.43. The Morgan fingerprint density at radius 1 is 1.31 bits per heavy atom. The summed E-state index contributed by atoms with van der Waals surface area (Å²) in [6.45, 7) is 2.52. The Hall–Kier alpha value is -2.99. The number of hydrogen-bond acceptors (Lipinski definition) is 4. The van der Waals surface area contributed by atoms with Gasteiger partial charge in [-0.25, -0.2) is 0 Å². The first-order valence-electron chi connectivity index (χ1n) is 10.0. The highest BCUT2D eigenvalue weighted by Gasteiger charge is 2.19. The van der Waals surface area contributed by atoms with Crippen molar-refractivity contribution in [2.24, 2.45) is 0 Å². The van der Waals surface area contributed by atoms with Crippen LogP contribution in [0.2, 0.25) is 0 Å². The fraction of sp³-hybridized carbons (Fsp3) is 0.348. The van der Waals surface area contributed by atoms with Crippen molar-refractivity contribution in [3.8, 4) is 11.1 Å². The number of fused-ring (bicyclic) bond motifs is 1. The lowest BCUT2D eigenvalue weighted by molar-refractivity contribution is -0.133. The third-order valence-electron chi connectivity index (χ3n) is 5.35. The van der Waals surface area contributed by atoms with E-state index in [4.69, 9.17) is 4.74 Å². The van der Waals surface area contributed by atoms with Crippen LogP contribution in [0.15, 0.2) is 36.5 Å². The molecule has 1 aromatic carbocycles. The Bertz CT molecular complexity index is 958. The van der Waals surface area contributed by atoms with Crippen LogP contribution in [0.25, 0.3) is 17.2 Å². The summed E-state index contributed by atoms with van der Waals surface area (Å²) in [6, 6.07) is 8.20. The van der Waals surface area contributed by atoms with Gasteiger partial charge in [0.15, 0.2) is 0 Å². The molecule has 0 bridgehead atoms. The van der Waals surface area contributed by atoms with E-state index in [2.05, 4.69) is 39.9 Å². The molecule has 6 nitrogen and oxygen atoms in total. The predicted molar refractivity (Wildman–Crippen MR) is 112 cm³/mol. The quantitative estimate of drug-likeness (QED) is 0.820. The third kappa shape index (κ3) is 4.71. The Labute approximate surface area is 170 Å². The first-order chi connectivity index (χ1) is 14.1. The SMILES string of the molecule is Cc1cc(-c2cnc3c(c2)C=CCC3)ccc1NC(=O)CCC1CNC(=O)CO1. The summed E-state index contributed by atoms with van der Waals surface area (Å²) in [5.74, 6) is -0.159. The fourth-order valence-electron chi connectivity index (χ4n) is 3.66. The molecular formula is C23H25N3O3. The molecule has 0 saturated carbocycles. The van der Waals surface area contributed by atoms with Crippen molar-refractivity contribution in [3.05, 3.63) is 53.4 Å². The number of benzene rings is 1. The number of pyridine rings is 1. The van der Waals surface area contributed by atoms with Gasteiger partial charge in [0.25, 0.3) is 0 Å². The Balaban J connectivity index is 1.38. The first kappa shape index (κ1) is 19.3. The topological polar surface area (TPSA) is 80.3 Å². The molecule has 150 valence electrons. The van der Waals surface area contributed by atoms with Gasteiger partial charge in [0.1, 0.15) is 6.61 Å². The number of carbonyl (C=O) groups is 2. The van der Waals surface area contributed by atoms with Crippen molar-refractivity contribution in [3.63, 3.8) is 0 Å². The first-order valence-corrected chi connectivity index (χ1v) is 10.0. The van der Waals surface area contributed by atoms with Crippen molar-refractivity contribution in [2.45, 2.75) is 38.7 Å². The molecule has 1 unspecified atom stereocenters. The molecular weight excluding hydrogens is 366 g/mol. The molecule has 2 amide bonds. The van der Waals surface area contributed by atoms with Crippen molar-refractivity contribution in [2.75, 3.05) is 18.5 Å². The number of carbonyl (C=O) groups excluding carboxylic acids is 2. The number of nitrogens with zero attached hydrogens (tertiary/aromatic N) is 1. The van der Waals surface area contributed by atoms with Gasteiger partial charge in [-0.1, -0.05) is 18.2 Å². The third-order valence-corrected chi connectivity index (χ3v) is 5.35. The van der Waals surface area contributed by atoms with Crippen molar-refractivity contribution >= 4 is 23.6 Å². The van der Waals surface area contributed by atoms with Gasteiger partial charge in [-0.15, -0.1) is 0 Å². The minimum atomic E-state index is -0.105. The second-order valence-corrected chi connectivity index (χ2v) is 7.55. The largest absolute Gasteiger partial charge is 0.367 e. The smallest absolute Gasteiger partial charge is 0.246 e. The van der Waals surface area contributed by atoms with Crippen LogP contribution in [0.1, 0.15) is 36.1 Å². The van der Waals surface area contributed by atoms with Gasteiger partial charge in [-0.2, -0.15) is 0 Å². The number of nitrogens with one attached hydrogen (secondary N) is 2. The number of amides is 2. The van der Waals surface area contributed by atoms with Crippen LogP contribution in [-0.4, -0.2) is 36.1 Å². The maximum atomic E-state index is 12.3. The minimum Gasteiger partial charge on any atom is -0.367 e. The molecule has 0 radical (unpaired) electrons. The van der Waals surface area contributed by atoms with E-state index in [0.717, 1.165) is 40.9 Å². The molecule has 2 heterocycles. The molecule has 1 aromatic heterocycles. The normalized spacial score (nSPS) is 18.1. The number of aryl methyl sites for hydroxylation is 2. The molecule has 4 rings (SSSR count). The Morgan fingerprint density at radius 2 is 2.21 bits per heavy atom. The molecule has 6 heteroatoms. The maximum absolute atomic E-state index is 12.3. The van der Waals surface area contributed by atoms with E-state index in [1.54, 1.807) is 0 Å². The zero-order valence-electron chi connectivity index (χ0n) is 16.5. The highest BCUT2D eigenvalue weighted by Crippen LogP contribution is 2.28. The highest BCUT2D eigenvalue weighted by atomic mass is 16.5. The van der Waals surface area contributed by atoms with Crippen molar-refractivity contribution in [1.82, 2.24) is 10.3 Å². The summed E-state index contributed by atoms with van der Waals surface area (Å²) in [5.41, 5.74) is 6.31. The molecule has 1 saturated heterocycles. The van der Waals surface area contributed by atoms with Gasteiger partial charge < -0.3 is 15.4 Å². The van der Waals surface area contributed by atoms with E-state index in [-0.39, 0.29) is 24.5 Å². The molecule has 29 heavy (non-hydrogen) atoms. The second kappa shape index (κ2) is 8.57. The Kier molecular flexibility index (Phi) is 5.71. The lowest BCUT2D eigenvalue weighted by Gasteiger charge is -2.22. The molecule has 1 atom stereocenters. The van der Waals surface area contributed by atoms with E-state index in [0.29, 0.717) is 19.4 Å². The summed E-state index contributed by atoms with van der Waals surface area (Å²) >= 11 is 0. The monoisotopic (exact) mass is 391 g/mol. The van der Waals surface area contributed by atoms with Crippen LogP contribution in [0.3, 0.4) is 0 Å². The van der Waals surface area contributed by atoms with Gasteiger partial charge in [-0.05, 0) is 61.1 Å². The van der Waals surface area contributed by atoms with Crippen LogP contribution in [0.5, 0.6) is 0 Å². The molecule has 1 aliphatic carbocycles. The zero-order valence-corrected chi connectivity index (χ0v) is 16.5. The summed E-state index contributed by atoms with van der Waals surface area (Å²) in [6.07, 6.45) is 9.12. The fourth-order valence-corrected chi connectivity index (χ4v) is 3.66. The lowest BCUT2D eigenvalue weighted by atomic mass is 9.97. The van der Waals surface area contributed by atoms with E-state index >= 15 is 0 Å². The molecule has 2 aliphatic rings. The van der Waals surface area contributed by atoms with Gasteiger partial charge in [0.2, 0.25) is 11.8 Å².